The highest BCUT2D eigenvalue weighted by atomic mass is 79.9. The van der Waals surface area contributed by atoms with Crippen LogP contribution in [0, 0.1) is 5.92 Å². The number of aliphatic hydroxyl groups excluding tert-OH is 1. The van der Waals surface area contributed by atoms with E-state index >= 15 is 0 Å². The molecule has 0 bridgehead atoms. The first-order valence-corrected chi connectivity index (χ1v) is 4.75. The molecule has 0 aliphatic heterocycles. The highest BCUT2D eigenvalue weighted by Gasteiger charge is 2.04. The molecule has 1 rings (SSSR count). The lowest BCUT2D eigenvalue weighted by Gasteiger charge is -2.09. The molecule has 0 radical (unpaired) electrons. The molecule has 72 valence electrons. The van der Waals surface area contributed by atoms with Crippen molar-refractivity contribution in [2.24, 2.45) is 5.92 Å². The Morgan fingerprint density at radius 3 is 3.08 bits per heavy atom. The minimum absolute atomic E-state index is 0.0637. The van der Waals surface area contributed by atoms with Crippen LogP contribution in [0.1, 0.15) is 6.92 Å². The van der Waals surface area contributed by atoms with Gasteiger partial charge in [-0.05, 0) is 21.8 Å². The molecule has 0 aromatic carbocycles. The fraction of sp³-hybridized carbons (Fsp3) is 0.500. The molecule has 5 heteroatoms. The van der Waals surface area contributed by atoms with Gasteiger partial charge in [0.2, 0.25) is 0 Å². The van der Waals surface area contributed by atoms with Crippen LogP contribution in [0.5, 0.6) is 0 Å². The molecule has 1 atom stereocenters. The number of halogens is 1. The van der Waals surface area contributed by atoms with Gasteiger partial charge in [-0.15, -0.1) is 0 Å². The third kappa shape index (κ3) is 2.63. The number of nitrogens with zero attached hydrogens (tertiary/aromatic N) is 2. The first-order chi connectivity index (χ1) is 6.15. The lowest BCUT2D eigenvalue weighted by atomic mass is 10.2. The Labute approximate surface area is 84.4 Å². The number of hydrogen-bond acceptors (Lipinski definition) is 3. The van der Waals surface area contributed by atoms with E-state index in [1.54, 1.807) is 0 Å². The van der Waals surface area contributed by atoms with Gasteiger partial charge in [0.1, 0.15) is 4.47 Å². The number of rotatable bonds is 3. The highest BCUT2D eigenvalue weighted by Crippen LogP contribution is 2.00. The van der Waals surface area contributed by atoms with E-state index in [1.165, 1.54) is 17.1 Å². The van der Waals surface area contributed by atoms with Crippen molar-refractivity contribution in [3.63, 3.8) is 0 Å². The third-order valence-electron chi connectivity index (χ3n) is 1.68. The second-order valence-corrected chi connectivity index (χ2v) is 3.84. The average molecular weight is 247 g/mol. The first kappa shape index (κ1) is 10.4. The summed E-state index contributed by atoms with van der Waals surface area (Å²) in [6.07, 6.45) is 2.93. The Morgan fingerprint density at radius 2 is 2.46 bits per heavy atom. The van der Waals surface area contributed by atoms with Gasteiger partial charge in [0.05, 0.1) is 6.33 Å². The molecule has 0 aliphatic carbocycles. The first-order valence-electron chi connectivity index (χ1n) is 3.96. The Kier molecular flexibility index (Phi) is 3.62. The zero-order chi connectivity index (χ0) is 9.84. The van der Waals surface area contributed by atoms with E-state index in [1.807, 2.05) is 6.92 Å². The molecular formula is C8H11BrN2O2. The van der Waals surface area contributed by atoms with E-state index in [-0.39, 0.29) is 18.1 Å². The van der Waals surface area contributed by atoms with Crippen LogP contribution in [-0.2, 0) is 6.54 Å². The molecule has 13 heavy (non-hydrogen) atoms. The van der Waals surface area contributed by atoms with Crippen LogP contribution < -0.4 is 5.56 Å². The largest absolute Gasteiger partial charge is 0.396 e. The molecule has 1 aromatic rings. The topological polar surface area (TPSA) is 55.1 Å². The summed E-state index contributed by atoms with van der Waals surface area (Å²) in [5, 5.41) is 8.81. The van der Waals surface area contributed by atoms with E-state index in [9.17, 15) is 4.79 Å². The van der Waals surface area contributed by atoms with Crippen LogP contribution in [0.3, 0.4) is 0 Å². The Bertz CT molecular complexity index is 337. The molecule has 0 aliphatic rings. The maximum absolute atomic E-state index is 11.4. The number of aromatic nitrogens is 2. The van der Waals surface area contributed by atoms with Crippen molar-refractivity contribution in [1.29, 1.82) is 0 Å². The smallest absolute Gasteiger partial charge is 0.267 e. The van der Waals surface area contributed by atoms with Crippen molar-refractivity contribution >= 4 is 15.9 Å². The maximum atomic E-state index is 11.4. The highest BCUT2D eigenvalue weighted by molar-refractivity contribution is 9.10. The summed E-state index contributed by atoms with van der Waals surface area (Å²) < 4.78 is 1.92. The zero-order valence-corrected chi connectivity index (χ0v) is 8.86. The average Bonchev–Trinajstić information content (AvgIpc) is 2.13. The van der Waals surface area contributed by atoms with Gasteiger partial charge in [0, 0.05) is 19.3 Å². The van der Waals surface area contributed by atoms with Crippen LogP contribution >= 0.6 is 15.9 Å². The van der Waals surface area contributed by atoms with Gasteiger partial charge >= 0.3 is 0 Å². The van der Waals surface area contributed by atoms with Crippen LogP contribution in [0.4, 0.5) is 0 Å². The normalized spacial score (nSPS) is 12.8. The summed E-state index contributed by atoms with van der Waals surface area (Å²) in [6, 6.07) is 0. The molecule has 1 unspecified atom stereocenters. The predicted octanol–water partition coefficient (Wildman–Crippen LogP) is 0.634. The summed E-state index contributed by atoms with van der Waals surface area (Å²) in [6.45, 7) is 2.42. The Balaban J connectivity index is 2.89. The molecule has 0 spiro atoms. The molecule has 4 nitrogen and oxygen atoms in total. The van der Waals surface area contributed by atoms with Crippen LogP contribution in [0.15, 0.2) is 21.8 Å². The van der Waals surface area contributed by atoms with E-state index in [0.29, 0.717) is 11.0 Å². The molecule has 1 aromatic heterocycles. The van der Waals surface area contributed by atoms with Crippen molar-refractivity contribution in [3.8, 4) is 0 Å². The molecule has 1 heterocycles. The molecule has 0 saturated heterocycles. The summed E-state index contributed by atoms with van der Waals surface area (Å²) >= 11 is 3.10. The van der Waals surface area contributed by atoms with Gasteiger partial charge in [0.25, 0.3) is 5.56 Å². The summed E-state index contributed by atoms with van der Waals surface area (Å²) in [7, 11) is 0. The van der Waals surface area contributed by atoms with E-state index < -0.39 is 0 Å². The van der Waals surface area contributed by atoms with Crippen LogP contribution in [0.2, 0.25) is 0 Å². The Morgan fingerprint density at radius 1 is 1.77 bits per heavy atom. The standard InChI is InChI=1S/C8H11BrN2O2/c1-6(4-12)3-11-5-10-2-7(9)8(11)13/h2,5-6,12H,3-4H2,1H3. The Hall–Kier alpha value is -0.680. The van der Waals surface area contributed by atoms with E-state index in [0.717, 1.165) is 0 Å². The van der Waals surface area contributed by atoms with Gasteiger partial charge in [-0.3, -0.25) is 9.36 Å². The van der Waals surface area contributed by atoms with Gasteiger partial charge < -0.3 is 5.11 Å². The van der Waals surface area contributed by atoms with Crippen molar-refractivity contribution < 1.29 is 5.11 Å². The molecule has 0 saturated carbocycles. The fourth-order valence-electron chi connectivity index (χ4n) is 0.948. The van der Waals surface area contributed by atoms with Gasteiger partial charge in [-0.25, -0.2) is 4.98 Å². The van der Waals surface area contributed by atoms with Gasteiger partial charge in [-0.1, -0.05) is 6.92 Å². The van der Waals surface area contributed by atoms with Gasteiger partial charge in [0.15, 0.2) is 0 Å². The maximum Gasteiger partial charge on any atom is 0.267 e. The zero-order valence-electron chi connectivity index (χ0n) is 7.27. The van der Waals surface area contributed by atoms with E-state index in [2.05, 4.69) is 20.9 Å². The number of hydrogen-bond donors (Lipinski definition) is 1. The molecule has 0 amide bonds. The fourth-order valence-corrected chi connectivity index (χ4v) is 1.29. The predicted molar refractivity (Wildman–Crippen MR) is 52.4 cm³/mol. The van der Waals surface area contributed by atoms with Crippen molar-refractivity contribution in [1.82, 2.24) is 9.55 Å². The van der Waals surface area contributed by atoms with Gasteiger partial charge in [-0.2, -0.15) is 0 Å². The molecule has 0 fully saturated rings. The second-order valence-electron chi connectivity index (χ2n) is 2.99. The van der Waals surface area contributed by atoms with Crippen LogP contribution in [0.25, 0.3) is 0 Å². The quantitative estimate of drug-likeness (QED) is 0.852. The van der Waals surface area contributed by atoms with Crippen molar-refractivity contribution in [2.75, 3.05) is 6.61 Å². The van der Waals surface area contributed by atoms with E-state index in [4.69, 9.17) is 5.11 Å². The molecular weight excluding hydrogens is 236 g/mol. The minimum Gasteiger partial charge on any atom is -0.396 e. The lowest BCUT2D eigenvalue weighted by molar-refractivity contribution is 0.221. The van der Waals surface area contributed by atoms with Crippen LogP contribution in [-0.4, -0.2) is 21.3 Å². The lowest BCUT2D eigenvalue weighted by Crippen LogP contribution is -2.24. The summed E-state index contributed by atoms with van der Waals surface area (Å²) in [4.78, 5) is 15.3. The second kappa shape index (κ2) is 4.53. The van der Waals surface area contributed by atoms with Crippen molar-refractivity contribution in [2.45, 2.75) is 13.5 Å². The summed E-state index contributed by atoms with van der Waals surface area (Å²) in [5.74, 6) is 0.0637. The monoisotopic (exact) mass is 246 g/mol. The summed E-state index contributed by atoms with van der Waals surface area (Å²) in [5.41, 5.74) is -0.115. The van der Waals surface area contributed by atoms with Crippen molar-refractivity contribution in [3.05, 3.63) is 27.4 Å². The minimum atomic E-state index is -0.115. The SMILES string of the molecule is CC(CO)Cn1cncc(Br)c1=O. The molecule has 1 N–H and O–H groups in total. The third-order valence-corrected chi connectivity index (χ3v) is 2.22. The number of aliphatic hydroxyl groups is 1.